The fraction of sp³-hybridized carbons (Fsp3) is 0.409. The topological polar surface area (TPSA) is 41.9 Å². The van der Waals surface area contributed by atoms with E-state index in [9.17, 15) is 4.39 Å². The van der Waals surface area contributed by atoms with Crippen LogP contribution < -0.4 is 4.90 Å². The van der Waals surface area contributed by atoms with E-state index in [0.717, 1.165) is 34.7 Å². The molecule has 3 heterocycles. The monoisotopic (exact) mass is 394 g/mol. The van der Waals surface area contributed by atoms with Crippen molar-refractivity contribution >= 4 is 16.5 Å². The van der Waals surface area contributed by atoms with E-state index in [2.05, 4.69) is 21.8 Å². The van der Waals surface area contributed by atoms with Crippen molar-refractivity contribution < 1.29 is 4.39 Å². The number of anilines is 1. The Kier molecular flexibility index (Phi) is 4.59. The van der Waals surface area contributed by atoms with Gasteiger partial charge in [0.15, 0.2) is 5.13 Å². The molecule has 0 amide bonds. The number of hydrogen-bond acceptors (Lipinski definition) is 5. The lowest BCUT2D eigenvalue weighted by molar-refractivity contribution is 0.438. The van der Waals surface area contributed by atoms with E-state index in [4.69, 9.17) is 4.98 Å². The van der Waals surface area contributed by atoms with Crippen LogP contribution in [0.2, 0.25) is 0 Å². The molecular weight excluding hydrogens is 371 g/mol. The summed E-state index contributed by atoms with van der Waals surface area (Å²) in [4.78, 5) is 17.1. The molecule has 5 rings (SSSR count). The number of nitrogens with zero attached hydrogens (tertiary/aromatic N) is 4. The number of benzene rings is 1. The Morgan fingerprint density at radius 2 is 1.86 bits per heavy atom. The average molecular weight is 395 g/mol. The molecule has 1 aromatic carbocycles. The maximum Gasteiger partial charge on any atom is 0.186 e. The predicted octanol–water partition coefficient (Wildman–Crippen LogP) is 5.52. The number of thiazole rings is 1. The second-order valence-corrected chi connectivity index (χ2v) is 8.90. The molecular formula is C22H23FN4S. The van der Waals surface area contributed by atoms with E-state index in [1.54, 1.807) is 23.7 Å². The van der Waals surface area contributed by atoms with Gasteiger partial charge in [-0.1, -0.05) is 30.4 Å². The van der Waals surface area contributed by atoms with Gasteiger partial charge in [-0.25, -0.2) is 19.3 Å². The van der Waals surface area contributed by atoms with Crippen LogP contribution in [0.25, 0.3) is 21.8 Å². The van der Waals surface area contributed by atoms with Gasteiger partial charge in [-0.15, -0.1) is 0 Å². The van der Waals surface area contributed by atoms with Gasteiger partial charge in [0.25, 0.3) is 0 Å². The largest absolute Gasteiger partial charge is 0.348 e. The highest BCUT2D eigenvalue weighted by molar-refractivity contribution is 7.19. The highest BCUT2D eigenvalue weighted by Gasteiger charge is 2.31. The normalized spacial score (nSPS) is 17.9. The summed E-state index contributed by atoms with van der Waals surface area (Å²) in [6.07, 6.45) is 8.20. The van der Waals surface area contributed by atoms with Gasteiger partial charge in [0.2, 0.25) is 0 Å². The number of aromatic nitrogens is 3. The fourth-order valence-electron chi connectivity index (χ4n) is 3.86. The summed E-state index contributed by atoms with van der Waals surface area (Å²) in [5, 5.41) is 0.973. The lowest BCUT2D eigenvalue weighted by Gasteiger charge is -2.29. The summed E-state index contributed by atoms with van der Waals surface area (Å²) >= 11 is 1.64. The Morgan fingerprint density at radius 3 is 2.61 bits per heavy atom. The number of rotatable bonds is 4. The molecule has 1 saturated heterocycles. The van der Waals surface area contributed by atoms with E-state index in [-0.39, 0.29) is 5.82 Å². The van der Waals surface area contributed by atoms with Crippen LogP contribution in [-0.2, 0) is 0 Å². The fourth-order valence-corrected chi connectivity index (χ4v) is 5.01. The van der Waals surface area contributed by atoms with Crippen molar-refractivity contribution in [2.45, 2.75) is 38.5 Å². The third-order valence-electron chi connectivity index (χ3n) is 5.77. The molecule has 2 fully saturated rings. The van der Waals surface area contributed by atoms with Gasteiger partial charge in [0.1, 0.15) is 12.1 Å². The molecule has 1 aliphatic heterocycles. The van der Waals surface area contributed by atoms with Crippen LogP contribution in [0.5, 0.6) is 0 Å². The van der Waals surface area contributed by atoms with Crippen LogP contribution in [-0.4, -0.2) is 28.0 Å². The van der Waals surface area contributed by atoms with Gasteiger partial charge in [0.05, 0.1) is 16.3 Å². The summed E-state index contributed by atoms with van der Waals surface area (Å²) in [5.74, 6) is 1.03. The van der Waals surface area contributed by atoms with E-state index in [1.807, 2.05) is 18.3 Å². The van der Waals surface area contributed by atoms with Gasteiger partial charge in [-0.05, 0) is 49.7 Å². The van der Waals surface area contributed by atoms with Crippen LogP contribution >= 0.6 is 11.3 Å². The van der Waals surface area contributed by atoms with Gasteiger partial charge < -0.3 is 4.90 Å². The van der Waals surface area contributed by atoms with E-state index >= 15 is 0 Å². The highest BCUT2D eigenvalue weighted by atomic mass is 32.1. The van der Waals surface area contributed by atoms with E-state index < -0.39 is 0 Å². The zero-order valence-electron chi connectivity index (χ0n) is 15.9. The quantitative estimate of drug-likeness (QED) is 0.584. The summed E-state index contributed by atoms with van der Waals surface area (Å²) in [6, 6.07) is 6.90. The number of piperidine rings is 1. The maximum atomic E-state index is 14.7. The second kappa shape index (κ2) is 7.24. The van der Waals surface area contributed by atoms with Crippen molar-refractivity contribution in [3.8, 4) is 21.8 Å². The molecule has 1 saturated carbocycles. The Bertz CT molecular complexity index is 990. The molecule has 6 heteroatoms. The molecule has 0 N–H and O–H groups in total. The summed E-state index contributed by atoms with van der Waals surface area (Å²) < 4.78 is 14.7. The minimum absolute atomic E-state index is 0.241. The molecule has 2 aliphatic rings. The molecule has 0 radical (unpaired) electrons. The number of halogens is 1. The van der Waals surface area contributed by atoms with Gasteiger partial charge in [-0.3, -0.25) is 0 Å². The van der Waals surface area contributed by atoms with Crippen LogP contribution in [0.15, 0.2) is 36.8 Å². The Labute approximate surface area is 168 Å². The minimum Gasteiger partial charge on any atom is -0.348 e. The standard InChI is InChI=1S/C22H23FN4S/c1-14-8-10-27(11-9-14)22-26-20(16-4-2-3-5-18(16)23)21(28-22)19-17(15-6-7-15)12-24-13-25-19/h2-5,12-15H,6-11H2,1H3. The summed E-state index contributed by atoms with van der Waals surface area (Å²) in [5.41, 5.74) is 3.34. The lowest BCUT2D eigenvalue weighted by Crippen LogP contribution is -2.32. The van der Waals surface area contributed by atoms with Crippen molar-refractivity contribution in [1.82, 2.24) is 15.0 Å². The Hall–Kier alpha value is -2.34. The minimum atomic E-state index is -0.241. The molecule has 2 aromatic heterocycles. The summed E-state index contributed by atoms with van der Waals surface area (Å²) in [7, 11) is 0. The molecule has 3 aromatic rings. The van der Waals surface area contributed by atoms with Crippen molar-refractivity contribution in [3.05, 3.63) is 48.2 Å². The highest BCUT2D eigenvalue weighted by Crippen LogP contribution is 2.48. The van der Waals surface area contributed by atoms with Crippen molar-refractivity contribution in [1.29, 1.82) is 0 Å². The second-order valence-electron chi connectivity index (χ2n) is 7.92. The molecule has 4 nitrogen and oxygen atoms in total. The average Bonchev–Trinajstić information content (AvgIpc) is 3.48. The first-order valence-electron chi connectivity index (χ1n) is 10.0. The first kappa shape index (κ1) is 17.7. The van der Waals surface area contributed by atoms with Crippen molar-refractivity contribution in [2.24, 2.45) is 5.92 Å². The summed E-state index contributed by atoms with van der Waals surface area (Å²) in [6.45, 7) is 4.31. The van der Waals surface area contributed by atoms with E-state index in [1.165, 1.54) is 37.3 Å². The predicted molar refractivity (Wildman–Crippen MR) is 111 cm³/mol. The molecule has 1 aliphatic carbocycles. The van der Waals surface area contributed by atoms with Crippen LogP contribution in [0.3, 0.4) is 0 Å². The van der Waals surface area contributed by atoms with Crippen molar-refractivity contribution in [3.63, 3.8) is 0 Å². The molecule has 28 heavy (non-hydrogen) atoms. The maximum absolute atomic E-state index is 14.7. The zero-order chi connectivity index (χ0) is 19.1. The van der Waals surface area contributed by atoms with E-state index in [0.29, 0.717) is 17.2 Å². The first-order chi connectivity index (χ1) is 13.7. The molecule has 0 bridgehead atoms. The van der Waals surface area contributed by atoms with Crippen LogP contribution in [0.1, 0.15) is 44.1 Å². The Morgan fingerprint density at radius 1 is 1.07 bits per heavy atom. The Balaban J connectivity index is 1.64. The van der Waals surface area contributed by atoms with Crippen LogP contribution in [0.4, 0.5) is 9.52 Å². The van der Waals surface area contributed by atoms with Gasteiger partial charge >= 0.3 is 0 Å². The zero-order valence-corrected chi connectivity index (χ0v) is 16.8. The lowest BCUT2D eigenvalue weighted by atomic mass is 10.00. The van der Waals surface area contributed by atoms with Gasteiger partial charge in [-0.2, -0.15) is 0 Å². The van der Waals surface area contributed by atoms with Gasteiger partial charge in [0, 0.05) is 30.4 Å². The van der Waals surface area contributed by atoms with Crippen molar-refractivity contribution in [2.75, 3.05) is 18.0 Å². The third-order valence-corrected chi connectivity index (χ3v) is 6.89. The van der Waals surface area contributed by atoms with Crippen LogP contribution in [0, 0.1) is 11.7 Å². The smallest absolute Gasteiger partial charge is 0.186 e. The first-order valence-corrected chi connectivity index (χ1v) is 10.8. The number of hydrogen-bond donors (Lipinski definition) is 0. The molecule has 0 atom stereocenters. The molecule has 0 spiro atoms. The SMILES string of the molecule is CC1CCN(c2nc(-c3ccccc3F)c(-c3ncncc3C3CC3)s2)CC1. The molecule has 144 valence electrons. The third kappa shape index (κ3) is 3.30. The molecule has 0 unspecified atom stereocenters.